The molecule has 0 aliphatic carbocycles. The van der Waals surface area contributed by atoms with E-state index in [0.717, 1.165) is 23.8 Å². The second-order valence-electron chi connectivity index (χ2n) is 6.88. The van der Waals surface area contributed by atoms with Crippen LogP contribution in [0.5, 0.6) is 0 Å². The lowest BCUT2D eigenvalue weighted by atomic mass is 10.2. The van der Waals surface area contributed by atoms with Crippen molar-refractivity contribution in [2.75, 3.05) is 11.9 Å². The van der Waals surface area contributed by atoms with Crippen LogP contribution in [0, 0.1) is 15.9 Å². The Labute approximate surface area is 193 Å². The lowest BCUT2D eigenvalue weighted by Gasteiger charge is -2.09. The molecule has 0 atom stereocenters. The molecule has 0 unspecified atom stereocenters. The van der Waals surface area contributed by atoms with E-state index in [2.05, 4.69) is 10.0 Å². The number of anilines is 1. The number of esters is 1. The normalized spacial score (nSPS) is 11.0. The van der Waals surface area contributed by atoms with E-state index in [1.165, 1.54) is 18.2 Å². The average Bonchev–Trinajstić information content (AvgIpc) is 2.83. The highest BCUT2D eigenvalue weighted by atomic mass is 32.2. The molecule has 3 aromatic rings. The minimum absolute atomic E-state index is 0.0491. The minimum atomic E-state index is -3.93. The molecule has 1 amide bonds. The predicted molar refractivity (Wildman–Crippen MR) is 119 cm³/mol. The van der Waals surface area contributed by atoms with E-state index < -0.39 is 44.9 Å². The molecule has 2 N–H and O–H groups in total. The van der Waals surface area contributed by atoms with Gasteiger partial charge >= 0.3 is 5.97 Å². The molecule has 0 saturated heterocycles. The number of hydrogen-bond acceptors (Lipinski definition) is 7. The van der Waals surface area contributed by atoms with Crippen molar-refractivity contribution in [3.8, 4) is 0 Å². The van der Waals surface area contributed by atoms with Crippen LogP contribution in [0.3, 0.4) is 0 Å². The number of halogens is 1. The Hall–Kier alpha value is -4.16. The number of benzene rings is 3. The van der Waals surface area contributed by atoms with E-state index in [4.69, 9.17) is 4.74 Å². The zero-order valence-corrected chi connectivity index (χ0v) is 18.3. The summed E-state index contributed by atoms with van der Waals surface area (Å²) >= 11 is 0. The second kappa shape index (κ2) is 10.6. The number of nitrogens with zero attached hydrogens (tertiary/aromatic N) is 1. The van der Waals surface area contributed by atoms with Gasteiger partial charge in [-0.05, 0) is 35.9 Å². The van der Waals surface area contributed by atoms with Crippen molar-refractivity contribution in [1.29, 1.82) is 0 Å². The van der Waals surface area contributed by atoms with E-state index in [0.29, 0.717) is 6.07 Å². The number of nitro benzene ring substituents is 1. The van der Waals surface area contributed by atoms with Crippen LogP contribution in [0.4, 0.5) is 15.8 Å². The molecule has 3 rings (SSSR count). The van der Waals surface area contributed by atoms with Gasteiger partial charge in [0.25, 0.3) is 11.6 Å². The predicted octanol–water partition coefficient (Wildman–Crippen LogP) is 3.01. The molecule has 0 heterocycles. The summed E-state index contributed by atoms with van der Waals surface area (Å²) in [4.78, 5) is 34.3. The Bertz CT molecular complexity index is 1330. The molecule has 0 bridgehead atoms. The molecule has 176 valence electrons. The van der Waals surface area contributed by atoms with E-state index in [1.807, 2.05) is 0 Å². The Morgan fingerprint density at radius 2 is 1.74 bits per heavy atom. The number of nitrogens with one attached hydrogen (secondary N) is 2. The number of sulfonamides is 1. The van der Waals surface area contributed by atoms with Crippen LogP contribution in [0.15, 0.2) is 77.7 Å². The van der Waals surface area contributed by atoms with Crippen LogP contribution in [0.25, 0.3) is 0 Å². The Morgan fingerprint density at radius 1 is 1.00 bits per heavy atom. The third kappa shape index (κ3) is 6.43. The Morgan fingerprint density at radius 3 is 2.44 bits per heavy atom. The molecular formula is C22H18FN3O7S. The zero-order valence-electron chi connectivity index (χ0n) is 17.4. The van der Waals surface area contributed by atoms with Gasteiger partial charge in [0.1, 0.15) is 11.5 Å². The lowest BCUT2D eigenvalue weighted by molar-refractivity contribution is -0.384. The number of carbonyl (C=O) groups excluding carboxylic acids is 2. The maximum atomic E-state index is 13.2. The van der Waals surface area contributed by atoms with Gasteiger partial charge in [0, 0.05) is 6.54 Å². The van der Waals surface area contributed by atoms with Crippen molar-refractivity contribution in [1.82, 2.24) is 4.72 Å². The van der Waals surface area contributed by atoms with Gasteiger partial charge in [0.15, 0.2) is 6.61 Å². The summed E-state index contributed by atoms with van der Waals surface area (Å²) in [5, 5.41) is 13.2. The first-order valence-corrected chi connectivity index (χ1v) is 11.2. The molecule has 0 aliphatic rings. The van der Waals surface area contributed by atoms with Crippen molar-refractivity contribution >= 4 is 33.3 Å². The highest BCUT2D eigenvalue weighted by Crippen LogP contribution is 2.24. The van der Waals surface area contributed by atoms with Crippen LogP contribution in [0.2, 0.25) is 0 Å². The smallest absolute Gasteiger partial charge is 0.338 e. The topological polar surface area (TPSA) is 145 Å². The molecule has 12 heteroatoms. The number of ether oxygens (including phenoxy) is 1. The Balaban J connectivity index is 1.62. The van der Waals surface area contributed by atoms with Crippen LogP contribution >= 0.6 is 0 Å². The molecule has 0 aliphatic heterocycles. The standard InChI is InChI=1S/C22H18FN3O7S/c23-17-9-10-19(20(12-17)26(29)30)25-21(27)14-33-22(28)16-7-4-8-18(11-16)34(31,32)24-13-15-5-2-1-3-6-15/h1-12,24H,13-14H2,(H,25,27). The molecule has 34 heavy (non-hydrogen) atoms. The molecule has 0 saturated carbocycles. The van der Waals surface area contributed by atoms with Crippen molar-refractivity contribution in [3.05, 3.63) is 99.9 Å². The summed E-state index contributed by atoms with van der Waals surface area (Å²) in [7, 11) is -3.93. The van der Waals surface area contributed by atoms with Crippen LogP contribution < -0.4 is 10.0 Å². The first kappa shape index (κ1) is 24.5. The van der Waals surface area contributed by atoms with Gasteiger partial charge in [-0.15, -0.1) is 0 Å². The number of nitro groups is 1. The largest absolute Gasteiger partial charge is 0.452 e. The molecule has 0 radical (unpaired) electrons. The van der Waals surface area contributed by atoms with E-state index in [-0.39, 0.29) is 22.7 Å². The van der Waals surface area contributed by atoms with Crippen LogP contribution in [-0.2, 0) is 26.1 Å². The number of amides is 1. The van der Waals surface area contributed by atoms with E-state index >= 15 is 0 Å². The fraction of sp³-hybridized carbons (Fsp3) is 0.0909. The third-order valence-electron chi connectivity index (χ3n) is 4.45. The molecular weight excluding hydrogens is 469 g/mol. The number of carbonyl (C=O) groups is 2. The van der Waals surface area contributed by atoms with Crippen molar-refractivity contribution < 1.29 is 32.1 Å². The first-order chi connectivity index (χ1) is 16.2. The van der Waals surface area contributed by atoms with Crippen LogP contribution in [-0.4, -0.2) is 31.8 Å². The van der Waals surface area contributed by atoms with Gasteiger partial charge in [0.2, 0.25) is 10.0 Å². The fourth-order valence-electron chi connectivity index (χ4n) is 2.81. The average molecular weight is 487 g/mol. The molecule has 3 aromatic carbocycles. The van der Waals surface area contributed by atoms with Crippen LogP contribution in [0.1, 0.15) is 15.9 Å². The summed E-state index contributed by atoms with van der Waals surface area (Å²) in [5.41, 5.74) is -0.317. The highest BCUT2D eigenvalue weighted by Gasteiger charge is 2.20. The minimum Gasteiger partial charge on any atom is -0.452 e. The zero-order chi connectivity index (χ0) is 24.7. The fourth-order valence-corrected chi connectivity index (χ4v) is 3.87. The first-order valence-electron chi connectivity index (χ1n) is 9.70. The Kier molecular flexibility index (Phi) is 7.66. The van der Waals surface area contributed by atoms with E-state index in [1.54, 1.807) is 30.3 Å². The quantitative estimate of drug-likeness (QED) is 0.268. The summed E-state index contributed by atoms with van der Waals surface area (Å²) < 4.78 is 45.6. The number of rotatable bonds is 9. The second-order valence-corrected chi connectivity index (χ2v) is 8.65. The number of hydrogen-bond donors (Lipinski definition) is 2. The molecule has 0 aromatic heterocycles. The monoisotopic (exact) mass is 487 g/mol. The van der Waals surface area contributed by atoms with Gasteiger partial charge in [-0.3, -0.25) is 14.9 Å². The molecule has 0 fully saturated rings. The molecule has 10 nitrogen and oxygen atoms in total. The van der Waals surface area contributed by atoms with Crippen molar-refractivity contribution in [3.63, 3.8) is 0 Å². The summed E-state index contributed by atoms with van der Waals surface area (Å²) in [6, 6.07) is 16.4. The highest BCUT2D eigenvalue weighted by molar-refractivity contribution is 7.89. The van der Waals surface area contributed by atoms with Gasteiger partial charge in [-0.1, -0.05) is 36.4 Å². The third-order valence-corrected chi connectivity index (χ3v) is 5.85. The van der Waals surface area contributed by atoms with Gasteiger partial charge < -0.3 is 10.1 Å². The lowest BCUT2D eigenvalue weighted by Crippen LogP contribution is -2.24. The maximum absolute atomic E-state index is 13.2. The van der Waals surface area contributed by atoms with Crippen molar-refractivity contribution in [2.24, 2.45) is 0 Å². The van der Waals surface area contributed by atoms with E-state index in [9.17, 15) is 32.5 Å². The summed E-state index contributed by atoms with van der Waals surface area (Å²) in [6.07, 6.45) is 0. The maximum Gasteiger partial charge on any atom is 0.338 e. The molecule has 0 spiro atoms. The SMILES string of the molecule is O=C(COC(=O)c1cccc(S(=O)(=O)NCc2ccccc2)c1)Nc1ccc(F)cc1[N+](=O)[O-]. The van der Waals surface area contributed by atoms with Crippen molar-refractivity contribution in [2.45, 2.75) is 11.4 Å². The van der Waals surface area contributed by atoms with Gasteiger partial charge in [0.05, 0.1) is 21.4 Å². The summed E-state index contributed by atoms with van der Waals surface area (Å²) in [6.45, 7) is -0.760. The van der Waals surface area contributed by atoms with Gasteiger partial charge in [-0.25, -0.2) is 22.3 Å². The van der Waals surface area contributed by atoms with Gasteiger partial charge in [-0.2, -0.15) is 0 Å². The summed E-state index contributed by atoms with van der Waals surface area (Å²) in [5.74, 6) is -2.75.